The maximum absolute atomic E-state index is 13.0. The standard InChI is InChI=1S/C22H14N2O5S/c1-11-18(12-3-6-14(29-2)7-4-12)17(10-23)21(30-11)24-19(25)15-8-5-13(22(27)28)9-16(15)20(24)26/h3-9H,1-2H3,(H,27,28). The number of carboxylic acid groups (broad SMARTS) is 1. The number of hydrogen-bond donors (Lipinski definition) is 1. The monoisotopic (exact) mass is 418 g/mol. The van der Waals surface area contributed by atoms with Crippen molar-refractivity contribution in [2.75, 3.05) is 12.0 Å². The van der Waals surface area contributed by atoms with Crippen LogP contribution in [0.15, 0.2) is 42.5 Å². The van der Waals surface area contributed by atoms with Crippen LogP contribution in [-0.2, 0) is 0 Å². The highest BCUT2D eigenvalue weighted by atomic mass is 32.1. The third-order valence-corrected chi connectivity index (χ3v) is 5.98. The van der Waals surface area contributed by atoms with Gasteiger partial charge in [-0.25, -0.2) is 9.69 Å². The Kier molecular flexibility index (Phi) is 4.60. The van der Waals surface area contributed by atoms with Crippen LogP contribution in [0.1, 0.15) is 41.5 Å². The fourth-order valence-corrected chi connectivity index (χ4v) is 4.57. The van der Waals surface area contributed by atoms with E-state index in [1.54, 1.807) is 31.4 Å². The SMILES string of the molecule is COc1ccc(-c2c(C)sc(N3C(=O)c4ccc(C(=O)O)cc4C3=O)c2C#N)cc1. The lowest BCUT2D eigenvalue weighted by molar-refractivity contribution is 0.0696. The van der Waals surface area contributed by atoms with Crippen LogP contribution in [-0.4, -0.2) is 30.0 Å². The summed E-state index contributed by atoms with van der Waals surface area (Å²) in [5.74, 6) is -1.74. The Morgan fingerprint density at radius 2 is 1.77 bits per heavy atom. The number of anilines is 1. The van der Waals surface area contributed by atoms with Gasteiger partial charge in [0.2, 0.25) is 0 Å². The van der Waals surface area contributed by atoms with E-state index >= 15 is 0 Å². The minimum absolute atomic E-state index is 0.0147. The van der Waals surface area contributed by atoms with Gasteiger partial charge in [-0.1, -0.05) is 12.1 Å². The van der Waals surface area contributed by atoms with E-state index in [4.69, 9.17) is 4.74 Å². The number of aromatic carboxylic acids is 1. The second kappa shape index (κ2) is 7.13. The highest BCUT2D eigenvalue weighted by molar-refractivity contribution is 7.17. The average molecular weight is 418 g/mol. The molecule has 1 aromatic heterocycles. The van der Waals surface area contributed by atoms with Gasteiger partial charge >= 0.3 is 5.97 Å². The quantitative estimate of drug-likeness (QED) is 0.639. The van der Waals surface area contributed by atoms with E-state index < -0.39 is 17.8 Å². The number of carbonyl (C=O) groups is 3. The molecule has 8 heteroatoms. The Bertz CT molecular complexity index is 1270. The van der Waals surface area contributed by atoms with Gasteiger partial charge in [-0.15, -0.1) is 11.3 Å². The topological polar surface area (TPSA) is 108 Å². The van der Waals surface area contributed by atoms with Gasteiger partial charge in [0, 0.05) is 10.4 Å². The van der Waals surface area contributed by atoms with Gasteiger partial charge < -0.3 is 9.84 Å². The molecule has 148 valence electrons. The number of thiophene rings is 1. The van der Waals surface area contributed by atoms with E-state index in [-0.39, 0.29) is 27.3 Å². The van der Waals surface area contributed by atoms with E-state index in [0.29, 0.717) is 11.3 Å². The van der Waals surface area contributed by atoms with Crippen LogP contribution >= 0.6 is 11.3 Å². The predicted molar refractivity (Wildman–Crippen MR) is 110 cm³/mol. The van der Waals surface area contributed by atoms with Crippen LogP contribution in [0.5, 0.6) is 5.75 Å². The number of rotatable bonds is 4. The normalized spacial score (nSPS) is 12.6. The predicted octanol–water partition coefficient (Wildman–Crippen LogP) is 4.10. The third-order valence-electron chi connectivity index (χ3n) is 4.89. The molecule has 0 saturated carbocycles. The van der Waals surface area contributed by atoms with Crippen molar-refractivity contribution in [2.45, 2.75) is 6.92 Å². The molecule has 0 atom stereocenters. The summed E-state index contributed by atoms with van der Waals surface area (Å²) in [6.07, 6.45) is 0. The molecule has 2 aromatic carbocycles. The molecule has 30 heavy (non-hydrogen) atoms. The average Bonchev–Trinajstić information content (AvgIpc) is 3.20. The van der Waals surface area contributed by atoms with Crippen molar-refractivity contribution in [3.63, 3.8) is 0 Å². The molecule has 3 aromatic rings. The third kappa shape index (κ3) is 2.84. The Morgan fingerprint density at radius 3 is 2.37 bits per heavy atom. The van der Waals surface area contributed by atoms with Crippen LogP contribution in [0.4, 0.5) is 5.00 Å². The number of carbonyl (C=O) groups excluding carboxylic acids is 2. The minimum Gasteiger partial charge on any atom is -0.497 e. The lowest BCUT2D eigenvalue weighted by atomic mass is 10.0. The van der Waals surface area contributed by atoms with Crippen LogP contribution in [0.3, 0.4) is 0 Å². The first-order valence-electron chi connectivity index (χ1n) is 8.81. The van der Waals surface area contributed by atoms with Crippen molar-refractivity contribution in [1.82, 2.24) is 0 Å². The highest BCUT2D eigenvalue weighted by Crippen LogP contribution is 2.44. The number of hydrogen-bond acceptors (Lipinski definition) is 6. The molecule has 0 unspecified atom stereocenters. The first-order valence-corrected chi connectivity index (χ1v) is 9.63. The molecule has 4 rings (SSSR count). The Balaban J connectivity index is 1.83. The molecular weight excluding hydrogens is 404 g/mol. The summed E-state index contributed by atoms with van der Waals surface area (Å²) >= 11 is 1.17. The molecular formula is C22H14N2O5S. The van der Waals surface area contributed by atoms with Gasteiger partial charge in [0.05, 0.1) is 29.4 Å². The first-order chi connectivity index (χ1) is 14.4. The lowest BCUT2D eigenvalue weighted by Crippen LogP contribution is -2.29. The molecule has 2 amide bonds. The van der Waals surface area contributed by atoms with Crippen molar-refractivity contribution < 1.29 is 24.2 Å². The smallest absolute Gasteiger partial charge is 0.335 e. The number of nitrogens with zero attached hydrogens (tertiary/aromatic N) is 2. The Morgan fingerprint density at radius 1 is 1.10 bits per heavy atom. The molecule has 0 radical (unpaired) electrons. The number of amides is 2. The van der Waals surface area contributed by atoms with Crippen molar-refractivity contribution >= 4 is 34.1 Å². The number of methoxy groups -OCH3 is 1. The number of carboxylic acids is 1. The number of imide groups is 1. The number of nitriles is 1. The Hall–Kier alpha value is -3.96. The summed E-state index contributed by atoms with van der Waals surface area (Å²) < 4.78 is 5.17. The van der Waals surface area contributed by atoms with Crippen LogP contribution < -0.4 is 9.64 Å². The van der Waals surface area contributed by atoms with Gasteiger partial charge in [0.15, 0.2) is 0 Å². The Labute approximate surface area is 175 Å². The fraction of sp³-hybridized carbons (Fsp3) is 0.0909. The molecule has 7 nitrogen and oxygen atoms in total. The van der Waals surface area contributed by atoms with E-state index in [9.17, 15) is 24.8 Å². The zero-order valence-corrected chi connectivity index (χ0v) is 16.7. The molecule has 1 N–H and O–H groups in total. The molecule has 0 spiro atoms. The summed E-state index contributed by atoms with van der Waals surface area (Å²) in [4.78, 5) is 38.9. The van der Waals surface area contributed by atoms with Crippen molar-refractivity contribution in [2.24, 2.45) is 0 Å². The molecule has 0 fully saturated rings. The fourth-order valence-electron chi connectivity index (χ4n) is 3.45. The van der Waals surface area contributed by atoms with Crippen molar-refractivity contribution in [3.8, 4) is 22.9 Å². The summed E-state index contributed by atoms with van der Waals surface area (Å²) in [6.45, 7) is 1.81. The largest absolute Gasteiger partial charge is 0.497 e. The maximum Gasteiger partial charge on any atom is 0.335 e. The van der Waals surface area contributed by atoms with E-state index in [1.807, 2.05) is 6.92 Å². The summed E-state index contributed by atoms with van der Waals surface area (Å²) in [5.41, 5.74) is 1.67. The van der Waals surface area contributed by atoms with Gasteiger partial charge in [0.25, 0.3) is 11.8 Å². The highest BCUT2D eigenvalue weighted by Gasteiger charge is 2.40. The molecule has 1 aliphatic heterocycles. The van der Waals surface area contributed by atoms with Gasteiger partial charge in [-0.05, 0) is 42.8 Å². The number of ether oxygens (including phenoxy) is 1. The summed E-state index contributed by atoms with van der Waals surface area (Å²) in [6, 6.07) is 13.1. The maximum atomic E-state index is 13.0. The first kappa shape index (κ1) is 19.4. The molecule has 0 aliphatic carbocycles. The van der Waals surface area contributed by atoms with Crippen LogP contribution in [0.2, 0.25) is 0 Å². The second-order valence-electron chi connectivity index (χ2n) is 6.56. The van der Waals surface area contributed by atoms with Gasteiger partial charge in [-0.2, -0.15) is 5.26 Å². The molecule has 1 aliphatic rings. The van der Waals surface area contributed by atoms with Crippen molar-refractivity contribution in [3.05, 3.63) is 69.6 Å². The van der Waals surface area contributed by atoms with E-state index in [2.05, 4.69) is 6.07 Å². The molecule has 0 bridgehead atoms. The van der Waals surface area contributed by atoms with Crippen molar-refractivity contribution in [1.29, 1.82) is 5.26 Å². The van der Waals surface area contributed by atoms with Crippen LogP contribution in [0, 0.1) is 18.3 Å². The molecule has 0 saturated heterocycles. The van der Waals surface area contributed by atoms with Gasteiger partial charge in [0.1, 0.15) is 16.8 Å². The van der Waals surface area contributed by atoms with E-state index in [1.165, 1.54) is 29.5 Å². The number of fused-ring (bicyclic) bond motifs is 1. The number of benzene rings is 2. The zero-order valence-electron chi connectivity index (χ0n) is 15.9. The lowest BCUT2D eigenvalue weighted by Gasteiger charge is -2.12. The number of aryl methyl sites for hydroxylation is 1. The summed E-state index contributed by atoms with van der Waals surface area (Å²) in [5, 5.41) is 19.2. The molecule has 2 heterocycles. The van der Waals surface area contributed by atoms with Crippen LogP contribution in [0.25, 0.3) is 11.1 Å². The minimum atomic E-state index is -1.19. The van der Waals surface area contributed by atoms with E-state index in [0.717, 1.165) is 15.3 Å². The zero-order chi connectivity index (χ0) is 21.6. The van der Waals surface area contributed by atoms with Gasteiger partial charge in [-0.3, -0.25) is 9.59 Å². The second-order valence-corrected chi connectivity index (χ2v) is 7.77. The summed E-state index contributed by atoms with van der Waals surface area (Å²) in [7, 11) is 1.56.